The molecule has 0 radical (unpaired) electrons. The average Bonchev–Trinajstić information content (AvgIpc) is 2.74. The molecule has 154 valence electrons. The van der Waals surface area contributed by atoms with E-state index in [-0.39, 0.29) is 11.9 Å². The molecule has 0 fully saturated rings. The molecule has 0 aromatic heterocycles. The maximum absolute atomic E-state index is 13.6. The normalized spacial score (nSPS) is 11.4. The first kappa shape index (κ1) is 20.9. The minimum Gasteiger partial charge on any atom is -0.465 e. The summed E-state index contributed by atoms with van der Waals surface area (Å²) in [6.45, 7) is 1.97. The van der Waals surface area contributed by atoms with Crippen molar-refractivity contribution in [2.45, 2.75) is 13.0 Å². The topological polar surface area (TPSA) is 72.9 Å². The van der Waals surface area contributed by atoms with Crippen LogP contribution in [0, 0.1) is 0 Å². The van der Waals surface area contributed by atoms with E-state index >= 15 is 0 Å². The summed E-state index contributed by atoms with van der Waals surface area (Å²) in [5.41, 5.74) is 3.35. The van der Waals surface area contributed by atoms with Crippen LogP contribution in [0.4, 0.5) is 21.9 Å². The Balaban J connectivity index is 2.18. The Kier molecular flexibility index (Phi) is 6.37. The van der Waals surface area contributed by atoms with Gasteiger partial charge in [-0.1, -0.05) is 48.5 Å². The molecular formula is C24H25N3O3. The van der Waals surface area contributed by atoms with Crippen molar-refractivity contribution in [1.29, 1.82) is 0 Å². The van der Waals surface area contributed by atoms with E-state index in [1.165, 1.54) is 0 Å². The molecule has 0 bridgehead atoms. The third-order valence-electron chi connectivity index (χ3n) is 4.88. The molecular weight excluding hydrogens is 378 g/mol. The highest BCUT2D eigenvalue weighted by molar-refractivity contribution is 6.08. The van der Waals surface area contributed by atoms with Gasteiger partial charge >= 0.3 is 6.09 Å². The fourth-order valence-corrected chi connectivity index (χ4v) is 3.39. The van der Waals surface area contributed by atoms with Gasteiger partial charge in [-0.25, -0.2) is 4.79 Å². The Bertz CT molecular complexity index is 1020. The molecule has 0 spiro atoms. The molecule has 1 atom stereocenters. The summed E-state index contributed by atoms with van der Waals surface area (Å²) < 4.78 is 0. The van der Waals surface area contributed by atoms with E-state index in [9.17, 15) is 9.59 Å². The summed E-state index contributed by atoms with van der Waals surface area (Å²) in [5.74, 6) is -0.164. The highest BCUT2D eigenvalue weighted by Gasteiger charge is 2.27. The number of carbonyl (C=O) groups excluding carboxylic acids is 1. The van der Waals surface area contributed by atoms with Crippen molar-refractivity contribution in [2.24, 2.45) is 0 Å². The molecule has 2 N–H and O–H groups in total. The fraction of sp³-hybridized carbons (Fsp3) is 0.167. The number of anilines is 3. The number of amides is 2. The first-order valence-corrected chi connectivity index (χ1v) is 9.63. The highest BCUT2D eigenvalue weighted by Crippen LogP contribution is 2.37. The minimum absolute atomic E-state index is 0.164. The maximum atomic E-state index is 13.6. The molecule has 30 heavy (non-hydrogen) atoms. The van der Waals surface area contributed by atoms with Gasteiger partial charge < -0.3 is 10.0 Å². The van der Waals surface area contributed by atoms with Crippen molar-refractivity contribution in [3.63, 3.8) is 0 Å². The van der Waals surface area contributed by atoms with Crippen LogP contribution in [0.15, 0.2) is 78.9 Å². The molecule has 0 saturated heterocycles. The number of carboxylic acid groups (broad SMARTS) is 1. The monoisotopic (exact) mass is 403 g/mol. The van der Waals surface area contributed by atoms with Gasteiger partial charge in [0.2, 0.25) is 0 Å². The maximum Gasteiger partial charge on any atom is 0.409 e. The molecule has 0 aliphatic carbocycles. The van der Waals surface area contributed by atoms with E-state index in [0.29, 0.717) is 16.9 Å². The van der Waals surface area contributed by atoms with Gasteiger partial charge in [-0.3, -0.25) is 15.0 Å². The van der Waals surface area contributed by atoms with Crippen LogP contribution in [0.5, 0.6) is 0 Å². The van der Waals surface area contributed by atoms with Crippen LogP contribution in [-0.4, -0.2) is 31.2 Å². The van der Waals surface area contributed by atoms with Crippen molar-refractivity contribution in [3.05, 3.63) is 90.0 Å². The number of nitrogens with one attached hydrogen (secondary N) is 1. The zero-order valence-electron chi connectivity index (χ0n) is 17.2. The summed E-state index contributed by atoms with van der Waals surface area (Å²) >= 11 is 0. The molecule has 0 heterocycles. The zero-order chi connectivity index (χ0) is 21.7. The van der Waals surface area contributed by atoms with Gasteiger partial charge in [0.25, 0.3) is 5.91 Å². The van der Waals surface area contributed by atoms with Crippen LogP contribution in [0.25, 0.3) is 0 Å². The van der Waals surface area contributed by atoms with Gasteiger partial charge in [-0.05, 0) is 42.8 Å². The molecule has 0 saturated carbocycles. The summed E-state index contributed by atoms with van der Waals surface area (Å²) in [6.07, 6.45) is -1.16. The molecule has 1 unspecified atom stereocenters. The largest absolute Gasteiger partial charge is 0.465 e. The van der Waals surface area contributed by atoms with E-state index in [1.807, 2.05) is 80.5 Å². The number of hydrogen-bond acceptors (Lipinski definition) is 3. The molecule has 2 amide bonds. The molecule has 3 aromatic rings. The van der Waals surface area contributed by atoms with Crippen molar-refractivity contribution in [1.82, 2.24) is 0 Å². The Hall–Kier alpha value is -3.80. The van der Waals surface area contributed by atoms with Crippen molar-refractivity contribution in [3.8, 4) is 0 Å². The van der Waals surface area contributed by atoms with Crippen LogP contribution < -0.4 is 15.1 Å². The first-order chi connectivity index (χ1) is 14.4. The van der Waals surface area contributed by atoms with Crippen molar-refractivity contribution in [2.75, 3.05) is 29.2 Å². The second-order valence-electron chi connectivity index (χ2n) is 7.16. The SMILES string of the molecule is CC(c1ccccc1)N(C(=O)c1ccccc1)c1cc(NC(=O)O)ccc1N(C)C. The summed E-state index contributed by atoms with van der Waals surface area (Å²) in [7, 11) is 3.78. The third kappa shape index (κ3) is 4.60. The van der Waals surface area contributed by atoms with E-state index in [4.69, 9.17) is 5.11 Å². The smallest absolute Gasteiger partial charge is 0.409 e. The van der Waals surface area contributed by atoms with E-state index in [2.05, 4.69) is 5.32 Å². The van der Waals surface area contributed by atoms with Crippen LogP contribution >= 0.6 is 0 Å². The van der Waals surface area contributed by atoms with Crippen LogP contribution in [0.3, 0.4) is 0 Å². The van der Waals surface area contributed by atoms with Crippen molar-refractivity contribution < 1.29 is 14.7 Å². The van der Waals surface area contributed by atoms with Gasteiger partial charge in [0.1, 0.15) is 0 Å². The van der Waals surface area contributed by atoms with Gasteiger partial charge in [0.05, 0.1) is 17.4 Å². The highest BCUT2D eigenvalue weighted by atomic mass is 16.4. The summed E-state index contributed by atoms with van der Waals surface area (Å²) in [4.78, 5) is 28.4. The lowest BCUT2D eigenvalue weighted by molar-refractivity contribution is 0.0978. The van der Waals surface area contributed by atoms with Crippen LogP contribution in [-0.2, 0) is 0 Å². The number of carbonyl (C=O) groups is 2. The lowest BCUT2D eigenvalue weighted by atomic mass is 10.0. The Morgan fingerprint density at radius 1 is 0.867 bits per heavy atom. The first-order valence-electron chi connectivity index (χ1n) is 9.63. The quantitative estimate of drug-likeness (QED) is 0.590. The standard InChI is InChI=1S/C24H25N3O3/c1-17(18-10-6-4-7-11-18)27(23(28)19-12-8-5-9-13-19)22-16-20(25-24(29)30)14-15-21(22)26(2)3/h4-17,25H,1-3H3,(H,29,30). The van der Waals surface area contributed by atoms with Gasteiger partial charge in [-0.2, -0.15) is 0 Å². The number of benzene rings is 3. The minimum atomic E-state index is -1.16. The lowest BCUT2D eigenvalue weighted by Gasteiger charge is -2.33. The molecule has 6 heteroatoms. The predicted molar refractivity (Wildman–Crippen MR) is 121 cm³/mol. The molecule has 0 aliphatic heterocycles. The Morgan fingerprint density at radius 2 is 1.47 bits per heavy atom. The summed E-state index contributed by atoms with van der Waals surface area (Å²) in [6, 6.07) is 23.8. The number of rotatable bonds is 6. The number of hydrogen-bond donors (Lipinski definition) is 2. The second-order valence-corrected chi connectivity index (χ2v) is 7.16. The lowest BCUT2D eigenvalue weighted by Crippen LogP contribution is -2.35. The van der Waals surface area contributed by atoms with E-state index < -0.39 is 6.09 Å². The van der Waals surface area contributed by atoms with E-state index in [1.54, 1.807) is 29.2 Å². The molecule has 3 aromatic carbocycles. The van der Waals surface area contributed by atoms with Gasteiger partial charge in [0, 0.05) is 25.3 Å². The average molecular weight is 403 g/mol. The van der Waals surface area contributed by atoms with Crippen LogP contribution in [0.2, 0.25) is 0 Å². The molecule has 3 rings (SSSR count). The van der Waals surface area contributed by atoms with Gasteiger partial charge in [-0.15, -0.1) is 0 Å². The van der Waals surface area contributed by atoms with Gasteiger partial charge in [0.15, 0.2) is 0 Å². The molecule has 6 nitrogen and oxygen atoms in total. The van der Waals surface area contributed by atoms with Crippen LogP contribution in [0.1, 0.15) is 28.9 Å². The fourth-order valence-electron chi connectivity index (χ4n) is 3.39. The molecule has 0 aliphatic rings. The Labute approximate surface area is 176 Å². The summed E-state index contributed by atoms with van der Waals surface area (Å²) in [5, 5.41) is 11.5. The Morgan fingerprint density at radius 3 is 2.03 bits per heavy atom. The van der Waals surface area contributed by atoms with Crippen molar-refractivity contribution >= 4 is 29.1 Å². The predicted octanol–water partition coefficient (Wildman–Crippen LogP) is 5.25. The zero-order valence-corrected chi connectivity index (χ0v) is 17.2. The number of nitrogens with zero attached hydrogens (tertiary/aromatic N) is 2. The van der Waals surface area contributed by atoms with E-state index in [0.717, 1.165) is 11.3 Å². The third-order valence-corrected chi connectivity index (χ3v) is 4.88. The second kappa shape index (κ2) is 9.13.